The zero-order chi connectivity index (χ0) is 28.1. The lowest BCUT2D eigenvalue weighted by Gasteiger charge is -2.24. The molecule has 14 nitrogen and oxygen atoms in total. The standard InChI is InChI=1S/C23H40N10O4/c1-12-9-14(34)10-13(2)15(12)11-18(33-20(36)16(24)5-3-7-30-22(26)27)21(37)32-17(19(25)35)6-4-8-31-23(28)29/h9-10,16-18,34H,3-8,11,24H2,1-2H3,(H2,25,35)(H,32,37)(H,33,36)(H4,26,27,30)(H4,28,29,31)/t16-,17-,18+/m0/s1. The summed E-state index contributed by atoms with van der Waals surface area (Å²) >= 11 is 0. The summed E-state index contributed by atoms with van der Waals surface area (Å²) in [6.07, 6.45) is 1.41. The summed E-state index contributed by atoms with van der Waals surface area (Å²) in [6, 6.07) is 0.126. The lowest BCUT2D eigenvalue weighted by Crippen LogP contribution is -2.56. The molecule has 206 valence electrons. The number of phenols is 1. The normalized spacial score (nSPS) is 13.1. The number of guanidine groups is 2. The van der Waals surface area contributed by atoms with Crippen molar-refractivity contribution in [1.29, 1.82) is 0 Å². The summed E-state index contributed by atoms with van der Waals surface area (Å²) in [7, 11) is 0. The van der Waals surface area contributed by atoms with Gasteiger partial charge < -0.3 is 50.1 Å². The molecule has 0 aromatic heterocycles. The monoisotopic (exact) mass is 520 g/mol. The highest BCUT2D eigenvalue weighted by Crippen LogP contribution is 2.22. The number of carbonyl (C=O) groups is 3. The van der Waals surface area contributed by atoms with Gasteiger partial charge in [0.05, 0.1) is 6.04 Å². The van der Waals surface area contributed by atoms with E-state index in [4.69, 9.17) is 34.4 Å². The maximum atomic E-state index is 13.2. The van der Waals surface area contributed by atoms with Gasteiger partial charge in [0.1, 0.15) is 17.8 Å². The minimum atomic E-state index is -1.07. The molecule has 0 saturated heterocycles. The number of aryl methyl sites for hydroxylation is 2. The topological polar surface area (TPSA) is 276 Å². The van der Waals surface area contributed by atoms with E-state index >= 15 is 0 Å². The van der Waals surface area contributed by atoms with Gasteiger partial charge in [0, 0.05) is 19.5 Å². The van der Waals surface area contributed by atoms with E-state index in [1.807, 2.05) is 0 Å². The number of rotatable bonds is 15. The highest BCUT2D eigenvalue weighted by Gasteiger charge is 2.28. The number of nitrogens with one attached hydrogen (secondary N) is 2. The van der Waals surface area contributed by atoms with E-state index in [1.54, 1.807) is 26.0 Å². The van der Waals surface area contributed by atoms with Crippen molar-refractivity contribution in [2.24, 2.45) is 44.4 Å². The molecule has 1 aromatic carbocycles. The summed E-state index contributed by atoms with van der Waals surface area (Å²) in [6.45, 7) is 4.12. The van der Waals surface area contributed by atoms with Gasteiger partial charge in [-0.1, -0.05) is 0 Å². The Kier molecular flexibility index (Phi) is 12.7. The van der Waals surface area contributed by atoms with Gasteiger partial charge >= 0.3 is 0 Å². The fourth-order valence-corrected chi connectivity index (χ4v) is 3.70. The van der Waals surface area contributed by atoms with E-state index in [-0.39, 0.29) is 43.5 Å². The number of nitrogens with two attached hydrogens (primary N) is 6. The second kappa shape index (κ2) is 15.1. The van der Waals surface area contributed by atoms with Crippen LogP contribution >= 0.6 is 0 Å². The van der Waals surface area contributed by atoms with E-state index in [2.05, 4.69) is 20.6 Å². The van der Waals surface area contributed by atoms with Gasteiger partial charge in [0.2, 0.25) is 17.7 Å². The first kappa shape index (κ1) is 31.0. The highest BCUT2D eigenvalue weighted by atomic mass is 16.3. The zero-order valence-corrected chi connectivity index (χ0v) is 21.4. The number of aliphatic imine (C=N–C) groups is 2. The van der Waals surface area contributed by atoms with Crippen molar-refractivity contribution in [3.05, 3.63) is 28.8 Å². The Balaban J connectivity index is 3.05. The van der Waals surface area contributed by atoms with Crippen LogP contribution in [0.1, 0.15) is 42.4 Å². The Labute approximate surface area is 216 Å². The molecule has 0 bridgehead atoms. The molecule has 0 radical (unpaired) electrons. The third kappa shape index (κ3) is 11.5. The number of phenolic OH excluding ortho intramolecular Hbond substituents is 1. The Morgan fingerprint density at radius 1 is 0.838 bits per heavy atom. The van der Waals surface area contributed by atoms with E-state index in [0.717, 1.165) is 16.7 Å². The summed E-state index contributed by atoms with van der Waals surface area (Å²) in [5.41, 5.74) is 34.9. The van der Waals surface area contributed by atoms with E-state index < -0.39 is 35.8 Å². The third-order valence-corrected chi connectivity index (χ3v) is 5.63. The maximum absolute atomic E-state index is 13.2. The van der Waals surface area contributed by atoms with Crippen LogP contribution in [0.4, 0.5) is 0 Å². The molecular formula is C23H40N10O4. The number of primary amides is 1. The molecule has 0 aliphatic carbocycles. The third-order valence-electron chi connectivity index (χ3n) is 5.63. The molecule has 37 heavy (non-hydrogen) atoms. The lowest BCUT2D eigenvalue weighted by atomic mass is 9.95. The molecule has 3 amide bonds. The number of hydrogen-bond acceptors (Lipinski definition) is 7. The van der Waals surface area contributed by atoms with Crippen LogP contribution in [-0.4, -0.2) is 66.0 Å². The fraction of sp³-hybridized carbons (Fsp3) is 0.522. The second-order valence-electron chi connectivity index (χ2n) is 8.79. The Morgan fingerprint density at radius 2 is 1.32 bits per heavy atom. The van der Waals surface area contributed by atoms with Crippen LogP contribution < -0.4 is 45.0 Å². The van der Waals surface area contributed by atoms with Crippen molar-refractivity contribution in [3.8, 4) is 5.75 Å². The van der Waals surface area contributed by atoms with Crippen LogP contribution in [0.3, 0.4) is 0 Å². The average Bonchev–Trinajstić information content (AvgIpc) is 2.79. The van der Waals surface area contributed by atoms with Crippen LogP contribution in [-0.2, 0) is 20.8 Å². The first-order valence-electron chi connectivity index (χ1n) is 11.9. The minimum absolute atomic E-state index is 0.0586. The van der Waals surface area contributed by atoms with Crippen molar-refractivity contribution >= 4 is 29.6 Å². The summed E-state index contributed by atoms with van der Waals surface area (Å²) < 4.78 is 0. The predicted molar refractivity (Wildman–Crippen MR) is 142 cm³/mol. The van der Waals surface area contributed by atoms with Crippen LogP contribution in [0.5, 0.6) is 5.75 Å². The molecular weight excluding hydrogens is 480 g/mol. The van der Waals surface area contributed by atoms with E-state index in [9.17, 15) is 19.5 Å². The highest BCUT2D eigenvalue weighted by molar-refractivity contribution is 5.93. The van der Waals surface area contributed by atoms with Crippen molar-refractivity contribution in [2.45, 2.75) is 64.1 Å². The first-order valence-corrected chi connectivity index (χ1v) is 11.9. The Bertz CT molecular complexity index is 980. The molecule has 3 atom stereocenters. The fourth-order valence-electron chi connectivity index (χ4n) is 3.70. The average molecular weight is 521 g/mol. The number of hydrogen-bond donors (Lipinski definition) is 9. The van der Waals surface area contributed by atoms with Crippen molar-refractivity contribution < 1.29 is 19.5 Å². The Morgan fingerprint density at radius 3 is 1.81 bits per heavy atom. The molecule has 1 aromatic rings. The molecule has 0 aliphatic heterocycles. The van der Waals surface area contributed by atoms with Crippen LogP contribution in [0, 0.1) is 13.8 Å². The summed E-state index contributed by atoms with van der Waals surface area (Å²) in [5.74, 6) is -1.97. The van der Waals surface area contributed by atoms with Gasteiger partial charge in [-0.2, -0.15) is 0 Å². The number of nitrogens with zero attached hydrogens (tertiary/aromatic N) is 2. The molecule has 0 fully saturated rings. The Hall–Kier alpha value is -4.07. The number of carbonyl (C=O) groups excluding carboxylic acids is 3. The van der Waals surface area contributed by atoms with Gasteiger partial charge in [-0.15, -0.1) is 0 Å². The molecule has 15 N–H and O–H groups in total. The van der Waals surface area contributed by atoms with E-state index in [0.29, 0.717) is 19.4 Å². The molecule has 1 rings (SSSR count). The number of amides is 3. The number of benzene rings is 1. The largest absolute Gasteiger partial charge is 0.508 e. The van der Waals surface area contributed by atoms with Crippen LogP contribution in [0.15, 0.2) is 22.1 Å². The smallest absolute Gasteiger partial charge is 0.243 e. The van der Waals surface area contributed by atoms with Gasteiger partial charge in [-0.25, -0.2) is 0 Å². The maximum Gasteiger partial charge on any atom is 0.243 e. The predicted octanol–water partition coefficient (Wildman–Crippen LogP) is -2.56. The molecule has 14 heteroatoms. The van der Waals surface area contributed by atoms with Crippen LogP contribution in [0.2, 0.25) is 0 Å². The van der Waals surface area contributed by atoms with Gasteiger partial charge in [-0.3, -0.25) is 24.4 Å². The number of aromatic hydroxyl groups is 1. The summed E-state index contributed by atoms with van der Waals surface area (Å²) in [5, 5.41) is 15.2. The quantitative estimate of drug-likeness (QED) is 0.0667. The molecule has 0 spiro atoms. The van der Waals surface area contributed by atoms with Crippen molar-refractivity contribution in [3.63, 3.8) is 0 Å². The van der Waals surface area contributed by atoms with Gasteiger partial charge in [-0.05, 0) is 68.4 Å². The first-order chi connectivity index (χ1) is 17.3. The second-order valence-corrected chi connectivity index (χ2v) is 8.79. The zero-order valence-electron chi connectivity index (χ0n) is 21.4. The SMILES string of the molecule is Cc1cc(O)cc(C)c1C[C@@H](NC(=O)[C@@H](N)CCCN=C(N)N)C(=O)N[C@@H](CCCN=C(N)N)C(N)=O. The molecule has 0 saturated carbocycles. The van der Waals surface area contributed by atoms with E-state index in [1.165, 1.54) is 0 Å². The van der Waals surface area contributed by atoms with Crippen molar-refractivity contribution in [1.82, 2.24) is 10.6 Å². The van der Waals surface area contributed by atoms with Crippen LogP contribution in [0.25, 0.3) is 0 Å². The molecule has 0 heterocycles. The molecule has 0 unspecified atom stereocenters. The molecule has 0 aliphatic rings. The van der Waals surface area contributed by atoms with Crippen molar-refractivity contribution in [2.75, 3.05) is 13.1 Å². The van der Waals surface area contributed by atoms with Gasteiger partial charge in [0.15, 0.2) is 11.9 Å². The lowest BCUT2D eigenvalue weighted by molar-refractivity contribution is -0.131. The summed E-state index contributed by atoms with van der Waals surface area (Å²) in [4.78, 5) is 45.7. The minimum Gasteiger partial charge on any atom is -0.508 e. The van der Waals surface area contributed by atoms with Gasteiger partial charge in [0.25, 0.3) is 0 Å².